The summed E-state index contributed by atoms with van der Waals surface area (Å²) in [6.07, 6.45) is 0.840. The molecule has 3 N–H and O–H groups in total. The number of fused-ring (bicyclic) bond motifs is 1. The van der Waals surface area contributed by atoms with Crippen molar-refractivity contribution in [2.24, 2.45) is 4.99 Å². The monoisotopic (exact) mass is 394 g/mol. The van der Waals surface area contributed by atoms with Gasteiger partial charge in [0, 0.05) is 31.1 Å². The van der Waals surface area contributed by atoms with E-state index in [1.165, 1.54) is 6.92 Å². The summed E-state index contributed by atoms with van der Waals surface area (Å²) >= 11 is 0. The summed E-state index contributed by atoms with van der Waals surface area (Å²) in [5.41, 5.74) is 2.70. The van der Waals surface area contributed by atoms with Crippen molar-refractivity contribution in [1.29, 1.82) is 0 Å². The molecule has 6 nitrogen and oxygen atoms in total. The lowest BCUT2D eigenvalue weighted by atomic mass is 9.90. The van der Waals surface area contributed by atoms with Crippen LogP contribution in [0.25, 0.3) is 0 Å². The lowest BCUT2D eigenvalue weighted by molar-refractivity contribution is -0.114. The Bertz CT molecular complexity index is 892. The van der Waals surface area contributed by atoms with E-state index >= 15 is 0 Å². The predicted molar refractivity (Wildman–Crippen MR) is 117 cm³/mol. The number of hydrogen-bond donors (Lipinski definition) is 3. The van der Waals surface area contributed by atoms with Gasteiger partial charge in [-0.05, 0) is 44.5 Å². The second-order valence-corrected chi connectivity index (χ2v) is 7.88. The van der Waals surface area contributed by atoms with E-state index in [2.05, 4.69) is 42.8 Å². The van der Waals surface area contributed by atoms with Crippen LogP contribution >= 0.6 is 0 Å². The molecule has 1 atom stereocenters. The zero-order chi connectivity index (χ0) is 20.9. The van der Waals surface area contributed by atoms with Crippen LogP contribution in [0.3, 0.4) is 0 Å². The highest BCUT2D eigenvalue weighted by Gasteiger charge is 2.33. The topological polar surface area (TPSA) is 74.8 Å². The molecule has 0 aromatic heterocycles. The van der Waals surface area contributed by atoms with Gasteiger partial charge in [0.15, 0.2) is 5.96 Å². The Morgan fingerprint density at radius 2 is 2.00 bits per heavy atom. The Morgan fingerprint density at radius 3 is 2.76 bits per heavy atom. The fraction of sp³-hybridized carbons (Fsp3) is 0.391. The van der Waals surface area contributed by atoms with Crippen molar-refractivity contribution in [3.05, 3.63) is 59.7 Å². The molecule has 0 aliphatic carbocycles. The first-order chi connectivity index (χ1) is 13.9. The summed E-state index contributed by atoms with van der Waals surface area (Å²) < 4.78 is 6.13. The first-order valence-electron chi connectivity index (χ1n) is 10.1. The van der Waals surface area contributed by atoms with E-state index in [1.807, 2.05) is 42.5 Å². The van der Waals surface area contributed by atoms with E-state index in [9.17, 15) is 4.79 Å². The third kappa shape index (κ3) is 5.73. The second kappa shape index (κ2) is 8.99. The number of carbonyl (C=O) groups is 1. The normalized spacial score (nSPS) is 17.7. The maximum Gasteiger partial charge on any atom is 0.221 e. The number of ether oxygens (including phenoxy) is 1. The molecule has 2 aromatic carbocycles. The lowest BCUT2D eigenvalue weighted by Crippen LogP contribution is -2.45. The van der Waals surface area contributed by atoms with E-state index in [1.54, 1.807) is 0 Å². The SMILES string of the molecule is CCNC(=NCc1cccc(NC(C)=O)c1)NC1CC(C)(C)Oc2ccccc21. The fourth-order valence-corrected chi connectivity index (χ4v) is 3.54. The molecule has 154 valence electrons. The number of nitrogens with zero attached hydrogens (tertiary/aromatic N) is 1. The number of hydrogen-bond acceptors (Lipinski definition) is 3. The predicted octanol–water partition coefficient (Wildman–Crippen LogP) is 4.00. The molecule has 0 bridgehead atoms. The summed E-state index contributed by atoms with van der Waals surface area (Å²) in [6, 6.07) is 16.0. The minimum absolute atomic E-state index is 0.0820. The quantitative estimate of drug-likeness (QED) is 0.529. The maximum atomic E-state index is 11.3. The molecular formula is C23H30N4O2. The van der Waals surface area contributed by atoms with Crippen LogP contribution < -0.4 is 20.7 Å². The van der Waals surface area contributed by atoms with Crippen LogP contribution in [-0.4, -0.2) is 24.0 Å². The van der Waals surface area contributed by atoms with Crippen LogP contribution in [0.5, 0.6) is 5.75 Å². The van der Waals surface area contributed by atoms with Crippen LogP contribution in [0.4, 0.5) is 5.69 Å². The number of para-hydroxylation sites is 1. The largest absolute Gasteiger partial charge is 0.487 e. The van der Waals surface area contributed by atoms with Gasteiger partial charge >= 0.3 is 0 Å². The highest BCUT2D eigenvalue weighted by molar-refractivity contribution is 5.88. The van der Waals surface area contributed by atoms with Gasteiger partial charge in [0.05, 0.1) is 12.6 Å². The Labute approximate surface area is 172 Å². The van der Waals surface area contributed by atoms with Crippen LogP contribution in [0.1, 0.15) is 51.3 Å². The molecule has 1 unspecified atom stereocenters. The van der Waals surface area contributed by atoms with Crippen molar-refractivity contribution < 1.29 is 9.53 Å². The van der Waals surface area contributed by atoms with Gasteiger partial charge in [-0.1, -0.05) is 30.3 Å². The minimum Gasteiger partial charge on any atom is -0.487 e. The van der Waals surface area contributed by atoms with Gasteiger partial charge in [-0.15, -0.1) is 0 Å². The van der Waals surface area contributed by atoms with Gasteiger partial charge in [0.25, 0.3) is 0 Å². The van der Waals surface area contributed by atoms with Crippen LogP contribution in [-0.2, 0) is 11.3 Å². The zero-order valence-electron chi connectivity index (χ0n) is 17.6. The molecule has 1 heterocycles. The Kier molecular flexibility index (Phi) is 6.42. The van der Waals surface area contributed by atoms with Crippen molar-refractivity contribution >= 4 is 17.6 Å². The van der Waals surface area contributed by atoms with Gasteiger partial charge in [-0.2, -0.15) is 0 Å². The molecule has 0 saturated carbocycles. The van der Waals surface area contributed by atoms with Gasteiger partial charge in [0.1, 0.15) is 11.4 Å². The number of carbonyl (C=O) groups excluding carboxylic acids is 1. The zero-order valence-corrected chi connectivity index (χ0v) is 17.6. The van der Waals surface area contributed by atoms with Gasteiger partial charge < -0.3 is 20.7 Å². The summed E-state index contributed by atoms with van der Waals surface area (Å²) in [5.74, 6) is 1.59. The molecule has 29 heavy (non-hydrogen) atoms. The number of benzene rings is 2. The number of nitrogens with one attached hydrogen (secondary N) is 3. The number of amides is 1. The summed E-state index contributed by atoms with van der Waals surface area (Å²) in [5, 5.41) is 9.72. The molecule has 6 heteroatoms. The lowest BCUT2D eigenvalue weighted by Gasteiger charge is -2.38. The first-order valence-corrected chi connectivity index (χ1v) is 10.1. The van der Waals surface area contributed by atoms with Crippen molar-refractivity contribution in [2.45, 2.75) is 52.3 Å². The standard InChI is InChI=1S/C23H30N4O2/c1-5-24-22(25-15-17-9-8-10-18(13-17)26-16(2)28)27-20-14-23(3,4)29-21-12-7-6-11-19(20)21/h6-13,20H,5,14-15H2,1-4H3,(H,26,28)(H2,24,25,27). The van der Waals surface area contributed by atoms with Crippen LogP contribution in [0.15, 0.2) is 53.5 Å². The molecular weight excluding hydrogens is 364 g/mol. The van der Waals surface area contributed by atoms with Gasteiger partial charge in [0.2, 0.25) is 5.91 Å². The van der Waals surface area contributed by atoms with Crippen molar-refractivity contribution in [3.8, 4) is 5.75 Å². The number of guanidine groups is 1. The van der Waals surface area contributed by atoms with Crippen molar-refractivity contribution in [3.63, 3.8) is 0 Å². The first kappa shape index (κ1) is 20.7. The average Bonchev–Trinajstić information content (AvgIpc) is 2.65. The Morgan fingerprint density at radius 1 is 1.21 bits per heavy atom. The molecule has 0 spiro atoms. The van der Waals surface area contributed by atoms with Crippen LogP contribution in [0.2, 0.25) is 0 Å². The smallest absolute Gasteiger partial charge is 0.221 e. The molecule has 1 aliphatic rings. The van der Waals surface area contributed by atoms with Gasteiger partial charge in [-0.3, -0.25) is 4.79 Å². The molecule has 0 radical (unpaired) electrons. The molecule has 2 aromatic rings. The Balaban J connectivity index is 1.77. The van der Waals surface area contributed by atoms with Crippen molar-refractivity contribution in [1.82, 2.24) is 10.6 Å². The molecule has 0 fully saturated rings. The fourth-order valence-electron chi connectivity index (χ4n) is 3.54. The van der Waals surface area contributed by atoms with E-state index in [0.717, 1.165) is 41.5 Å². The summed E-state index contributed by atoms with van der Waals surface area (Å²) in [4.78, 5) is 16.0. The maximum absolute atomic E-state index is 11.3. The van der Waals surface area contributed by atoms with Crippen LogP contribution in [0, 0.1) is 0 Å². The van der Waals surface area contributed by atoms with E-state index in [4.69, 9.17) is 9.73 Å². The highest BCUT2D eigenvalue weighted by Crippen LogP contribution is 2.39. The molecule has 3 rings (SSSR count). The molecule has 0 saturated heterocycles. The summed E-state index contributed by atoms with van der Waals surface area (Å²) in [7, 11) is 0. The van der Waals surface area contributed by atoms with Crippen molar-refractivity contribution in [2.75, 3.05) is 11.9 Å². The average molecular weight is 395 g/mol. The molecule has 1 amide bonds. The third-order valence-corrected chi connectivity index (χ3v) is 4.70. The highest BCUT2D eigenvalue weighted by atomic mass is 16.5. The number of rotatable bonds is 5. The minimum atomic E-state index is -0.254. The second-order valence-electron chi connectivity index (χ2n) is 7.88. The van der Waals surface area contributed by atoms with E-state index < -0.39 is 0 Å². The van der Waals surface area contributed by atoms with Gasteiger partial charge in [-0.25, -0.2) is 4.99 Å². The third-order valence-electron chi connectivity index (χ3n) is 4.70. The number of aliphatic imine (C=N–C) groups is 1. The summed E-state index contributed by atoms with van der Waals surface area (Å²) in [6.45, 7) is 9.05. The Hall–Kier alpha value is -3.02. The van der Waals surface area contributed by atoms with E-state index in [-0.39, 0.29) is 17.6 Å². The molecule has 1 aliphatic heterocycles. The number of anilines is 1. The van der Waals surface area contributed by atoms with E-state index in [0.29, 0.717) is 6.54 Å².